The Morgan fingerprint density at radius 2 is 1.95 bits per heavy atom. The fraction of sp³-hybridized carbons (Fsp3) is 0.222. The van der Waals surface area contributed by atoms with Gasteiger partial charge in [0.1, 0.15) is 12.1 Å². The topological polar surface area (TPSA) is 34.1 Å². The summed E-state index contributed by atoms with van der Waals surface area (Å²) in [5.74, 6) is -0.794. The van der Waals surface area contributed by atoms with E-state index >= 15 is 0 Å². The molecule has 0 bridgehead atoms. The molecule has 2 aromatic carbocycles. The largest absolute Gasteiger partial charge is 0.303 e. The van der Waals surface area contributed by atoms with Crippen molar-refractivity contribution in [1.29, 1.82) is 0 Å². The van der Waals surface area contributed by atoms with Crippen LogP contribution in [0.2, 0.25) is 0 Å². The van der Waals surface area contributed by atoms with E-state index in [1.54, 1.807) is 18.2 Å². The predicted octanol–water partition coefficient (Wildman–Crippen LogP) is 3.55. The number of hydrogen-bond donors (Lipinski definition) is 0. The predicted molar refractivity (Wildman–Crippen MR) is 77.8 cm³/mol. The number of carbonyl (C=O) groups is 2. The van der Waals surface area contributed by atoms with Crippen LogP contribution in [0.1, 0.15) is 33.8 Å². The number of hydrogen-bond acceptors (Lipinski definition) is 2. The summed E-state index contributed by atoms with van der Waals surface area (Å²) in [7, 11) is 0. The van der Waals surface area contributed by atoms with Crippen LogP contribution in [0.4, 0.5) is 4.39 Å². The smallest absolute Gasteiger partial charge is 0.163 e. The first-order chi connectivity index (χ1) is 10.2. The van der Waals surface area contributed by atoms with Crippen molar-refractivity contribution in [2.45, 2.75) is 18.8 Å². The lowest BCUT2D eigenvalue weighted by Gasteiger charge is -2.15. The maximum Gasteiger partial charge on any atom is 0.163 e. The van der Waals surface area contributed by atoms with Crippen LogP contribution in [0.15, 0.2) is 48.5 Å². The summed E-state index contributed by atoms with van der Waals surface area (Å²) in [6.07, 6.45) is 1.72. The van der Waals surface area contributed by atoms with Gasteiger partial charge in [0, 0.05) is 23.8 Å². The van der Waals surface area contributed by atoms with Gasteiger partial charge in [0.15, 0.2) is 5.78 Å². The molecule has 2 atom stereocenters. The van der Waals surface area contributed by atoms with Gasteiger partial charge < -0.3 is 4.79 Å². The highest BCUT2D eigenvalue weighted by Gasteiger charge is 2.34. The number of carbonyl (C=O) groups excluding carboxylic acids is 2. The van der Waals surface area contributed by atoms with Gasteiger partial charge in [0.25, 0.3) is 0 Å². The van der Waals surface area contributed by atoms with E-state index in [2.05, 4.69) is 0 Å². The Labute approximate surface area is 122 Å². The van der Waals surface area contributed by atoms with E-state index in [1.165, 1.54) is 12.1 Å². The number of fused-ring (bicyclic) bond motifs is 1. The Morgan fingerprint density at radius 3 is 2.67 bits per heavy atom. The third-order valence-corrected chi connectivity index (χ3v) is 4.16. The van der Waals surface area contributed by atoms with Gasteiger partial charge >= 0.3 is 0 Å². The van der Waals surface area contributed by atoms with E-state index in [9.17, 15) is 14.0 Å². The molecular weight excluding hydrogens is 267 g/mol. The summed E-state index contributed by atoms with van der Waals surface area (Å²) in [6, 6.07) is 13.6. The number of benzene rings is 2. The van der Waals surface area contributed by atoms with Crippen molar-refractivity contribution in [3.05, 3.63) is 71.0 Å². The molecular formula is C18H15FO2. The molecule has 0 fully saturated rings. The number of aldehydes is 1. The van der Waals surface area contributed by atoms with Crippen LogP contribution in [0.25, 0.3) is 0 Å². The van der Waals surface area contributed by atoms with E-state index in [4.69, 9.17) is 0 Å². The van der Waals surface area contributed by atoms with Gasteiger partial charge in [-0.2, -0.15) is 0 Å². The van der Waals surface area contributed by atoms with Crippen molar-refractivity contribution in [2.24, 2.45) is 5.92 Å². The maximum atomic E-state index is 13.5. The Morgan fingerprint density at radius 1 is 1.19 bits per heavy atom. The number of Topliss-reactive ketones (excluding diaryl/α,β-unsaturated/α-hetero) is 1. The van der Waals surface area contributed by atoms with E-state index in [1.807, 2.05) is 18.2 Å². The molecule has 0 N–H and O–H groups in total. The molecule has 0 aromatic heterocycles. The van der Waals surface area contributed by atoms with Crippen molar-refractivity contribution in [2.75, 3.05) is 0 Å². The summed E-state index contributed by atoms with van der Waals surface area (Å²) in [5, 5.41) is 0. The van der Waals surface area contributed by atoms with E-state index in [0.29, 0.717) is 12.0 Å². The minimum Gasteiger partial charge on any atom is -0.303 e. The molecule has 0 saturated carbocycles. The Bertz CT molecular complexity index is 679. The lowest BCUT2D eigenvalue weighted by atomic mass is 9.87. The van der Waals surface area contributed by atoms with E-state index in [0.717, 1.165) is 17.4 Å². The maximum absolute atomic E-state index is 13.5. The summed E-state index contributed by atoms with van der Waals surface area (Å²) in [4.78, 5) is 23.6. The van der Waals surface area contributed by atoms with Crippen molar-refractivity contribution in [3.8, 4) is 0 Å². The zero-order chi connectivity index (χ0) is 14.8. The molecule has 0 aliphatic heterocycles. The zero-order valence-corrected chi connectivity index (χ0v) is 11.5. The van der Waals surface area contributed by atoms with Crippen molar-refractivity contribution in [1.82, 2.24) is 0 Å². The molecule has 0 heterocycles. The second kappa shape index (κ2) is 5.60. The standard InChI is InChI=1S/C18H15FO2/c19-15-7-6-13-8-14(11-20)17(16(13)9-15)10-18(21)12-4-2-1-3-5-12/h1-7,9,11,14,17H,8,10H2/t14-,17-/m0/s1. The molecule has 0 unspecified atom stereocenters. The molecule has 1 aliphatic rings. The Hall–Kier alpha value is -2.29. The quantitative estimate of drug-likeness (QED) is 0.635. The highest BCUT2D eigenvalue weighted by atomic mass is 19.1. The molecule has 3 heteroatoms. The van der Waals surface area contributed by atoms with Crippen LogP contribution in [0, 0.1) is 11.7 Å². The number of rotatable bonds is 4. The minimum atomic E-state index is -0.322. The molecule has 0 spiro atoms. The fourth-order valence-corrected chi connectivity index (χ4v) is 3.07. The van der Waals surface area contributed by atoms with Crippen LogP contribution in [0.5, 0.6) is 0 Å². The van der Waals surface area contributed by atoms with Gasteiger partial charge in [-0.05, 0) is 29.7 Å². The lowest BCUT2D eigenvalue weighted by Crippen LogP contribution is -2.14. The number of halogens is 1. The summed E-state index contributed by atoms with van der Waals surface area (Å²) >= 11 is 0. The SMILES string of the molecule is O=C[C@@H]1Cc2ccc(F)cc2[C@H]1CC(=O)c1ccccc1. The van der Waals surface area contributed by atoms with Gasteiger partial charge in [-0.3, -0.25) is 4.79 Å². The summed E-state index contributed by atoms with van der Waals surface area (Å²) in [6.45, 7) is 0. The average molecular weight is 282 g/mol. The molecule has 3 rings (SSSR count). The van der Waals surface area contributed by atoms with Crippen LogP contribution in [0.3, 0.4) is 0 Å². The minimum absolute atomic E-state index is 0.00967. The fourth-order valence-electron chi connectivity index (χ4n) is 3.07. The monoisotopic (exact) mass is 282 g/mol. The summed E-state index contributed by atoms with van der Waals surface area (Å²) < 4.78 is 13.5. The van der Waals surface area contributed by atoms with Crippen molar-refractivity contribution < 1.29 is 14.0 Å². The first-order valence-electron chi connectivity index (χ1n) is 7.01. The van der Waals surface area contributed by atoms with Gasteiger partial charge in [-0.15, -0.1) is 0 Å². The molecule has 21 heavy (non-hydrogen) atoms. The molecule has 0 radical (unpaired) electrons. The Balaban J connectivity index is 1.89. The molecule has 0 saturated heterocycles. The summed E-state index contributed by atoms with van der Waals surface area (Å²) in [5.41, 5.74) is 2.41. The third-order valence-electron chi connectivity index (χ3n) is 4.16. The van der Waals surface area contributed by atoms with Crippen LogP contribution in [-0.4, -0.2) is 12.1 Å². The highest BCUT2D eigenvalue weighted by molar-refractivity contribution is 5.96. The molecule has 1 aliphatic carbocycles. The second-order valence-electron chi connectivity index (χ2n) is 5.45. The lowest BCUT2D eigenvalue weighted by molar-refractivity contribution is -0.111. The van der Waals surface area contributed by atoms with Gasteiger partial charge in [0.05, 0.1) is 0 Å². The Kier molecular flexibility index (Phi) is 3.65. The zero-order valence-electron chi connectivity index (χ0n) is 11.5. The first-order valence-corrected chi connectivity index (χ1v) is 7.01. The van der Waals surface area contributed by atoms with E-state index in [-0.39, 0.29) is 29.9 Å². The van der Waals surface area contributed by atoms with Gasteiger partial charge in [-0.25, -0.2) is 4.39 Å². The highest BCUT2D eigenvalue weighted by Crippen LogP contribution is 2.40. The molecule has 2 aromatic rings. The first kappa shape index (κ1) is 13.7. The van der Waals surface area contributed by atoms with Gasteiger partial charge in [0.2, 0.25) is 0 Å². The van der Waals surface area contributed by atoms with Crippen molar-refractivity contribution >= 4 is 12.1 Å². The third kappa shape index (κ3) is 2.64. The van der Waals surface area contributed by atoms with E-state index < -0.39 is 0 Å². The molecule has 2 nitrogen and oxygen atoms in total. The molecule has 0 amide bonds. The van der Waals surface area contributed by atoms with Crippen LogP contribution in [-0.2, 0) is 11.2 Å². The molecule has 106 valence electrons. The van der Waals surface area contributed by atoms with Crippen molar-refractivity contribution in [3.63, 3.8) is 0 Å². The number of ketones is 1. The second-order valence-corrected chi connectivity index (χ2v) is 5.45. The average Bonchev–Trinajstić information content (AvgIpc) is 2.85. The normalized spacial score (nSPS) is 20.0. The van der Waals surface area contributed by atoms with Gasteiger partial charge in [-0.1, -0.05) is 36.4 Å². The van der Waals surface area contributed by atoms with Crippen LogP contribution >= 0.6 is 0 Å². The van der Waals surface area contributed by atoms with Crippen LogP contribution < -0.4 is 0 Å².